The molecular formula is C19H26N4O2. The molecule has 1 aliphatic rings. The van der Waals surface area contributed by atoms with Gasteiger partial charge in [0.15, 0.2) is 0 Å². The summed E-state index contributed by atoms with van der Waals surface area (Å²) >= 11 is 0. The zero-order valence-corrected chi connectivity index (χ0v) is 15.4. The molecule has 0 saturated carbocycles. The van der Waals surface area contributed by atoms with Gasteiger partial charge >= 0.3 is 0 Å². The van der Waals surface area contributed by atoms with Gasteiger partial charge in [-0.25, -0.2) is 9.97 Å². The molecule has 3 rings (SSSR count). The zero-order valence-electron chi connectivity index (χ0n) is 15.4. The van der Waals surface area contributed by atoms with Crippen LogP contribution in [0.5, 0.6) is 11.5 Å². The first kappa shape index (κ1) is 17.3. The molecule has 0 bridgehead atoms. The average Bonchev–Trinajstić information content (AvgIpc) is 2.60. The molecule has 1 aromatic heterocycles. The van der Waals surface area contributed by atoms with Crippen molar-refractivity contribution in [2.45, 2.75) is 32.7 Å². The van der Waals surface area contributed by atoms with Crippen molar-refractivity contribution in [1.82, 2.24) is 9.97 Å². The molecule has 0 spiro atoms. The van der Waals surface area contributed by atoms with E-state index in [0.29, 0.717) is 6.04 Å². The van der Waals surface area contributed by atoms with Crippen LogP contribution >= 0.6 is 0 Å². The monoisotopic (exact) mass is 342 g/mol. The lowest BCUT2D eigenvalue weighted by Gasteiger charge is -2.34. The third kappa shape index (κ3) is 4.32. The van der Waals surface area contributed by atoms with Crippen LogP contribution in [-0.4, -0.2) is 43.3 Å². The van der Waals surface area contributed by atoms with Gasteiger partial charge in [0.1, 0.15) is 11.5 Å². The molecule has 6 heteroatoms. The number of piperidine rings is 1. The van der Waals surface area contributed by atoms with Gasteiger partial charge in [-0.2, -0.15) is 0 Å². The maximum atomic E-state index is 5.35. The summed E-state index contributed by atoms with van der Waals surface area (Å²) in [5.74, 6) is 2.39. The number of aryl methyl sites for hydroxylation is 2. The second kappa shape index (κ2) is 7.59. The van der Waals surface area contributed by atoms with E-state index in [-0.39, 0.29) is 0 Å². The molecule has 1 atom stereocenters. The van der Waals surface area contributed by atoms with Gasteiger partial charge in [0.05, 0.1) is 14.2 Å². The quantitative estimate of drug-likeness (QED) is 0.900. The molecule has 25 heavy (non-hydrogen) atoms. The molecule has 1 aliphatic heterocycles. The standard InChI is InChI=1S/C19H26N4O2/c1-13-8-14(2)21-19(20-13)23-7-5-6-15(12-23)22-16-9-17(24-3)11-18(10-16)25-4/h8-11,15,22H,5-7,12H2,1-4H3. The molecule has 2 heterocycles. The van der Waals surface area contributed by atoms with E-state index < -0.39 is 0 Å². The van der Waals surface area contributed by atoms with Gasteiger partial charge in [0, 0.05) is 54.4 Å². The van der Waals surface area contributed by atoms with Crippen LogP contribution in [0.25, 0.3) is 0 Å². The summed E-state index contributed by atoms with van der Waals surface area (Å²) in [6, 6.07) is 8.20. The van der Waals surface area contributed by atoms with Gasteiger partial charge in [0.2, 0.25) is 5.95 Å². The van der Waals surface area contributed by atoms with Crippen molar-refractivity contribution in [3.8, 4) is 11.5 Å². The molecule has 134 valence electrons. The summed E-state index contributed by atoms with van der Waals surface area (Å²) < 4.78 is 10.7. The van der Waals surface area contributed by atoms with E-state index in [4.69, 9.17) is 9.47 Å². The maximum Gasteiger partial charge on any atom is 0.225 e. The first-order valence-electron chi connectivity index (χ1n) is 8.64. The first-order valence-corrected chi connectivity index (χ1v) is 8.64. The highest BCUT2D eigenvalue weighted by molar-refractivity contribution is 5.54. The van der Waals surface area contributed by atoms with Crippen molar-refractivity contribution in [2.75, 3.05) is 37.5 Å². The molecule has 1 fully saturated rings. The fourth-order valence-corrected chi connectivity index (χ4v) is 3.25. The Bertz CT molecular complexity index is 693. The molecule has 0 amide bonds. The van der Waals surface area contributed by atoms with E-state index >= 15 is 0 Å². The van der Waals surface area contributed by atoms with Crippen molar-refractivity contribution in [1.29, 1.82) is 0 Å². The molecule has 0 radical (unpaired) electrons. The predicted molar refractivity (Wildman–Crippen MR) is 99.9 cm³/mol. The summed E-state index contributed by atoms with van der Waals surface area (Å²) in [4.78, 5) is 11.5. The molecule has 1 aromatic carbocycles. The van der Waals surface area contributed by atoms with Crippen LogP contribution in [0.1, 0.15) is 24.2 Å². The smallest absolute Gasteiger partial charge is 0.225 e. The number of hydrogen-bond donors (Lipinski definition) is 1. The lowest BCUT2D eigenvalue weighted by molar-refractivity contribution is 0.394. The van der Waals surface area contributed by atoms with Gasteiger partial charge in [-0.05, 0) is 32.8 Å². The number of anilines is 2. The van der Waals surface area contributed by atoms with E-state index in [1.165, 1.54) is 0 Å². The number of ether oxygens (including phenoxy) is 2. The number of hydrogen-bond acceptors (Lipinski definition) is 6. The van der Waals surface area contributed by atoms with Gasteiger partial charge in [-0.3, -0.25) is 0 Å². The van der Waals surface area contributed by atoms with E-state index in [1.807, 2.05) is 38.1 Å². The van der Waals surface area contributed by atoms with Crippen LogP contribution in [0.4, 0.5) is 11.6 Å². The van der Waals surface area contributed by atoms with Crippen molar-refractivity contribution in [2.24, 2.45) is 0 Å². The maximum absolute atomic E-state index is 5.35. The van der Waals surface area contributed by atoms with Crippen molar-refractivity contribution in [3.05, 3.63) is 35.7 Å². The number of nitrogens with zero attached hydrogens (tertiary/aromatic N) is 3. The molecule has 1 unspecified atom stereocenters. The summed E-state index contributed by atoms with van der Waals surface area (Å²) in [7, 11) is 3.33. The van der Waals surface area contributed by atoms with Crippen LogP contribution < -0.4 is 19.7 Å². The Kier molecular flexibility index (Phi) is 5.26. The Morgan fingerprint density at radius 3 is 2.24 bits per heavy atom. The fourth-order valence-electron chi connectivity index (χ4n) is 3.25. The Hall–Kier alpha value is -2.50. The van der Waals surface area contributed by atoms with Gasteiger partial charge in [0.25, 0.3) is 0 Å². The third-order valence-electron chi connectivity index (χ3n) is 4.40. The van der Waals surface area contributed by atoms with Crippen LogP contribution in [0.15, 0.2) is 24.3 Å². The SMILES string of the molecule is COc1cc(NC2CCCN(c3nc(C)cc(C)n3)C2)cc(OC)c1. The summed E-state index contributed by atoms with van der Waals surface area (Å²) in [5, 5.41) is 3.60. The lowest BCUT2D eigenvalue weighted by Crippen LogP contribution is -2.43. The molecule has 1 N–H and O–H groups in total. The summed E-state index contributed by atoms with van der Waals surface area (Å²) in [5.41, 5.74) is 3.02. The van der Waals surface area contributed by atoms with E-state index in [9.17, 15) is 0 Å². The summed E-state index contributed by atoms with van der Waals surface area (Å²) in [6.45, 7) is 5.89. The number of methoxy groups -OCH3 is 2. The van der Waals surface area contributed by atoms with E-state index in [1.54, 1.807) is 14.2 Å². The van der Waals surface area contributed by atoms with Crippen molar-refractivity contribution < 1.29 is 9.47 Å². The topological polar surface area (TPSA) is 59.5 Å². The van der Waals surface area contributed by atoms with E-state index in [2.05, 4.69) is 20.2 Å². The second-order valence-electron chi connectivity index (χ2n) is 6.48. The minimum atomic E-state index is 0.329. The van der Waals surface area contributed by atoms with Crippen LogP contribution in [0, 0.1) is 13.8 Å². The Morgan fingerprint density at radius 2 is 1.64 bits per heavy atom. The van der Waals surface area contributed by atoms with Gasteiger partial charge in [-0.15, -0.1) is 0 Å². The minimum Gasteiger partial charge on any atom is -0.497 e. The molecular weight excluding hydrogens is 316 g/mol. The highest BCUT2D eigenvalue weighted by atomic mass is 16.5. The highest BCUT2D eigenvalue weighted by Crippen LogP contribution is 2.27. The lowest BCUT2D eigenvalue weighted by atomic mass is 10.1. The zero-order chi connectivity index (χ0) is 17.8. The largest absolute Gasteiger partial charge is 0.497 e. The number of aromatic nitrogens is 2. The Balaban J connectivity index is 1.73. The minimum absolute atomic E-state index is 0.329. The van der Waals surface area contributed by atoms with Crippen LogP contribution in [0.2, 0.25) is 0 Å². The normalized spacial score (nSPS) is 17.3. The fraction of sp³-hybridized carbons (Fsp3) is 0.474. The Labute approximate surface area is 149 Å². The van der Waals surface area contributed by atoms with Crippen LogP contribution in [-0.2, 0) is 0 Å². The predicted octanol–water partition coefficient (Wildman–Crippen LogP) is 3.19. The van der Waals surface area contributed by atoms with Crippen LogP contribution in [0.3, 0.4) is 0 Å². The number of benzene rings is 1. The molecule has 2 aromatic rings. The number of nitrogens with one attached hydrogen (secondary N) is 1. The van der Waals surface area contributed by atoms with Crippen molar-refractivity contribution in [3.63, 3.8) is 0 Å². The number of rotatable bonds is 5. The first-order chi connectivity index (χ1) is 12.1. The average molecular weight is 342 g/mol. The molecule has 6 nitrogen and oxygen atoms in total. The Morgan fingerprint density at radius 1 is 1.00 bits per heavy atom. The van der Waals surface area contributed by atoms with Gasteiger partial charge in [-0.1, -0.05) is 0 Å². The third-order valence-corrected chi connectivity index (χ3v) is 4.40. The second-order valence-corrected chi connectivity index (χ2v) is 6.48. The molecule has 0 aliphatic carbocycles. The summed E-state index contributed by atoms with van der Waals surface area (Å²) in [6.07, 6.45) is 2.22. The molecule has 1 saturated heterocycles. The van der Waals surface area contributed by atoms with E-state index in [0.717, 1.165) is 60.5 Å². The highest BCUT2D eigenvalue weighted by Gasteiger charge is 2.22. The van der Waals surface area contributed by atoms with Gasteiger partial charge < -0.3 is 19.7 Å². The van der Waals surface area contributed by atoms with Crippen molar-refractivity contribution >= 4 is 11.6 Å².